The van der Waals surface area contributed by atoms with Crippen molar-refractivity contribution >= 4 is 27.1 Å². The number of carbonyl (C=O) groups excluding carboxylic acids is 1. The van der Waals surface area contributed by atoms with E-state index in [9.17, 15) is 13.2 Å². The lowest BCUT2D eigenvalue weighted by Crippen LogP contribution is -2.44. The number of thiophene rings is 1. The van der Waals surface area contributed by atoms with Crippen LogP contribution in [0.2, 0.25) is 0 Å². The highest BCUT2D eigenvalue weighted by atomic mass is 32.2. The second-order valence-corrected chi connectivity index (χ2v) is 8.69. The molecule has 6 heteroatoms. The Morgan fingerprint density at radius 3 is 2.70 bits per heavy atom. The molecule has 1 heterocycles. The normalized spacial score (nSPS) is 23.5. The first-order valence-corrected chi connectivity index (χ1v) is 9.47. The number of nitrogens with zero attached hydrogens (tertiary/aromatic N) is 1. The third-order valence-corrected chi connectivity index (χ3v) is 7.16. The van der Waals surface area contributed by atoms with E-state index in [2.05, 4.69) is 6.92 Å². The lowest BCUT2D eigenvalue weighted by molar-refractivity contribution is -0.130. The molecule has 1 amide bonds. The van der Waals surface area contributed by atoms with E-state index in [1.54, 1.807) is 29.5 Å². The summed E-state index contributed by atoms with van der Waals surface area (Å²) in [6.45, 7) is 2.14. The van der Waals surface area contributed by atoms with E-state index in [0.717, 1.165) is 30.6 Å². The largest absolute Gasteiger partial charge is 0.342 e. The molecule has 20 heavy (non-hydrogen) atoms. The average Bonchev–Trinajstić information content (AvgIpc) is 2.92. The standard InChI is InChI=1S/C14H21NO3S2/c1-11-6-3-4-7-12(11)15(2)13(16)10-20(17,18)14-8-5-9-19-14/h5,8-9,11-12H,3-4,6-7,10H2,1-2H3/t11-,12-/m1/s1. The molecule has 1 aromatic heterocycles. The van der Waals surface area contributed by atoms with Crippen LogP contribution >= 0.6 is 11.3 Å². The van der Waals surface area contributed by atoms with Gasteiger partial charge in [-0.3, -0.25) is 4.79 Å². The molecule has 2 rings (SSSR count). The molecule has 1 aromatic rings. The Balaban J connectivity index is 2.04. The van der Waals surface area contributed by atoms with Gasteiger partial charge in [0.1, 0.15) is 9.96 Å². The maximum Gasteiger partial charge on any atom is 0.238 e. The van der Waals surface area contributed by atoms with Gasteiger partial charge in [0.2, 0.25) is 5.91 Å². The lowest BCUT2D eigenvalue weighted by atomic mass is 9.85. The van der Waals surface area contributed by atoms with Crippen molar-refractivity contribution < 1.29 is 13.2 Å². The summed E-state index contributed by atoms with van der Waals surface area (Å²) < 4.78 is 24.5. The van der Waals surface area contributed by atoms with Gasteiger partial charge in [-0.25, -0.2) is 8.42 Å². The molecule has 1 fully saturated rings. The fraction of sp³-hybridized carbons (Fsp3) is 0.643. The molecule has 4 nitrogen and oxygen atoms in total. The zero-order valence-electron chi connectivity index (χ0n) is 11.9. The van der Waals surface area contributed by atoms with Crippen LogP contribution in [0.5, 0.6) is 0 Å². The van der Waals surface area contributed by atoms with Crippen molar-refractivity contribution in [3.05, 3.63) is 17.5 Å². The monoisotopic (exact) mass is 315 g/mol. The van der Waals surface area contributed by atoms with E-state index in [1.165, 1.54) is 6.42 Å². The van der Waals surface area contributed by atoms with Gasteiger partial charge in [0, 0.05) is 13.1 Å². The van der Waals surface area contributed by atoms with Crippen LogP contribution in [0.4, 0.5) is 0 Å². The van der Waals surface area contributed by atoms with Crippen LogP contribution < -0.4 is 0 Å². The SMILES string of the molecule is C[C@@H]1CCCC[C@H]1N(C)C(=O)CS(=O)(=O)c1cccs1. The van der Waals surface area contributed by atoms with Crippen molar-refractivity contribution in [1.29, 1.82) is 0 Å². The number of hydrogen-bond donors (Lipinski definition) is 0. The van der Waals surface area contributed by atoms with Gasteiger partial charge in [0.25, 0.3) is 0 Å². The fourth-order valence-corrected chi connectivity index (χ4v) is 5.17. The third kappa shape index (κ3) is 3.41. The molecule has 1 saturated carbocycles. The van der Waals surface area contributed by atoms with E-state index >= 15 is 0 Å². The summed E-state index contributed by atoms with van der Waals surface area (Å²) in [5, 5.41) is 1.71. The lowest BCUT2D eigenvalue weighted by Gasteiger charge is -2.36. The average molecular weight is 315 g/mol. The summed E-state index contributed by atoms with van der Waals surface area (Å²) in [5.74, 6) is -0.271. The topological polar surface area (TPSA) is 54.5 Å². The van der Waals surface area contributed by atoms with Crippen LogP contribution in [0, 0.1) is 5.92 Å². The molecule has 1 aliphatic carbocycles. The minimum absolute atomic E-state index is 0.176. The van der Waals surface area contributed by atoms with E-state index in [4.69, 9.17) is 0 Å². The molecule has 1 aliphatic rings. The Morgan fingerprint density at radius 2 is 2.10 bits per heavy atom. The first-order valence-electron chi connectivity index (χ1n) is 6.94. The predicted octanol–water partition coefficient (Wildman–Crippen LogP) is 2.56. The highest BCUT2D eigenvalue weighted by molar-refractivity contribution is 7.94. The van der Waals surface area contributed by atoms with E-state index < -0.39 is 15.6 Å². The van der Waals surface area contributed by atoms with Gasteiger partial charge in [0.05, 0.1) is 0 Å². The van der Waals surface area contributed by atoms with Crippen molar-refractivity contribution in [2.45, 2.75) is 42.9 Å². The number of rotatable bonds is 4. The second kappa shape index (κ2) is 6.26. The Bertz CT molecular complexity index is 551. The van der Waals surface area contributed by atoms with Gasteiger partial charge in [-0.2, -0.15) is 0 Å². The molecule has 0 saturated heterocycles. The number of amides is 1. The Morgan fingerprint density at radius 1 is 1.40 bits per heavy atom. The fourth-order valence-electron chi connectivity index (χ4n) is 2.83. The molecule has 0 bridgehead atoms. The number of carbonyl (C=O) groups is 1. The third-order valence-electron chi connectivity index (χ3n) is 4.07. The summed E-state index contributed by atoms with van der Waals surface area (Å²) in [6.07, 6.45) is 4.40. The zero-order chi connectivity index (χ0) is 14.8. The second-order valence-electron chi connectivity index (χ2n) is 5.52. The van der Waals surface area contributed by atoms with Gasteiger partial charge in [-0.15, -0.1) is 11.3 Å². The van der Waals surface area contributed by atoms with Gasteiger partial charge >= 0.3 is 0 Å². The van der Waals surface area contributed by atoms with Crippen molar-refractivity contribution in [2.24, 2.45) is 5.92 Å². The predicted molar refractivity (Wildman–Crippen MR) is 80.6 cm³/mol. The van der Waals surface area contributed by atoms with Crippen LogP contribution in [0.25, 0.3) is 0 Å². The van der Waals surface area contributed by atoms with Gasteiger partial charge in [0.15, 0.2) is 9.84 Å². The molecule has 2 atom stereocenters. The first-order chi connectivity index (χ1) is 9.42. The quantitative estimate of drug-likeness (QED) is 0.858. The Labute approximate surface area is 124 Å². The molecule has 0 unspecified atom stereocenters. The van der Waals surface area contributed by atoms with Crippen molar-refractivity contribution in [3.63, 3.8) is 0 Å². The molecular weight excluding hydrogens is 294 g/mol. The van der Waals surface area contributed by atoms with Crippen LogP contribution in [0.1, 0.15) is 32.6 Å². The van der Waals surface area contributed by atoms with Crippen molar-refractivity contribution in [2.75, 3.05) is 12.8 Å². The van der Waals surface area contributed by atoms with Crippen LogP contribution in [-0.4, -0.2) is 38.1 Å². The Kier molecular flexibility index (Phi) is 4.86. The van der Waals surface area contributed by atoms with E-state index in [1.807, 2.05) is 0 Å². The summed E-state index contributed by atoms with van der Waals surface area (Å²) in [5.41, 5.74) is 0. The van der Waals surface area contributed by atoms with Crippen molar-refractivity contribution in [3.8, 4) is 0 Å². The van der Waals surface area contributed by atoms with Gasteiger partial charge in [-0.05, 0) is 30.2 Å². The minimum atomic E-state index is -3.49. The molecule has 0 aromatic carbocycles. The number of sulfone groups is 1. The highest BCUT2D eigenvalue weighted by Crippen LogP contribution is 2.28. The molecule has 0 N–H and O–H groups in total. The maximum absolute atomic E-state index is 12.3. The molecule has 0 aliphatic heterocycles. The molecule has 112 valence electrons. The minimum Gasteiger partial charge on any atom is -0.342 e. The molecule has 0 radical (unpaired) electrons. The van der Waals surface area contributed by atoms with Gasteiger partial charge < -0.3 is 4.90 Å². The smallest absolute Gasteiger partial charge is 0.238 e. The summed E-state index contributed by atoms with van der Waals surface area (Å²) in [4.78, 5) is 13.9. The van der Waals surface area contributed by atoms with Gasteiger partial charge in [-0.1, -0.05) is 25.8 Å². The van der Waals surface area contributed by atoms with E-state index in [-0.39, 0.29) is 16.2 Å². The Hall–Kier alpha value is -0.880. The van der Waals surface area contributed by atoms with E-state index in [0.29, 0.717) is 5.92 Å². The summed E-state index contributed by atoms with van der Waals surface area (Å²) in [7, 11) is -1.76. The molecule has 0 spiro atoms. The summed E-state index contributed by atoms with van der Waals surface area (Å²) >= 11 is 1.16. The zero-order valence-corrected chi connectivity index (χ0v) is 13.5. The van der Waals surface area contributed by atoms with Crippen LogP contribution in [-0.2, 0) is 14.6 Å². The van der Waals surface area contributed by atoms with Crippen LogP contribution in [0.3, 0.4) is 0 Å². The van der Waals surface area contributed by atoms with Crippen molar-refractivity contribution in [1.82, 2.24) is 4.90 Å². The molecular formula is C14H21NO3S2. The maximum atomic E-state index is 12.3. The van der Waals surface area contributed by atoms with Crippen LogP contribution in [0.15, 0.2) is 21.7 Å². The highest BCUT2D eigenvalue weighted by Gasteiger charge is 2.30. The summed E-state index contributed by atoms with van der Waals surface area (Å²) in [6, 6.07) is 3.42. The number of hydrogen-bond acceptors (Lipinski definition) is 4. The first kappa shape index (κ1) is 15.5.